The van der Waals surface area contributed by atoms with Gasteiger partial charge in [-0.15, -0.1) is 23.2 Å². The van der Waals surface area contributed by atoms with Crippen molar-refractivity contribution in [3.05, 3.63) is 94.3 Å². The fourth-order valence-corrected chi connectivity index (χ4v) is 7.67. The number of alkyl halides is 2. The zero-order valence-electron chi connectivity index (χ0n) is 27.9. The van der Waals surface area contributed by atoms with Gasteiger partial charge in [0, 0.05) is 84.1 Å². The molecule has 2 amide bonds. The van der Waals surface area contributed by atoms with Crippen molar-refractivity contribution in [2.45, 2.75) is 11.8 Å². The second-order valence-corrected chi connectivity index (χ2v) is 13.1. The summed E-state index contributed by atoms with van der Waals surface area (Å²) in [5, 5.41) is 22.4. The zero-order chi connectivity index (χ0) is 36.8. The highest BCUT2D eigenvalue weighted by Crippen LogP contribution is 2.48. The molecule has 2 aliphatic heterocycles. The first-order chi connectivity index (χ1) is 25.1. The summed E-state index contributed by atoms with van der Waals surface area (Å²) in [5.41, 5.74) is 5.00. The number of aromatic nitrogens is 2. The van der Waals surface area contributed by atoms with Gasteiger partial charge in [-0.3, -0.25) is 9.59 Å². The van der Waals surface area contributed by atoms with Crippen molar-refractivity contribution in [1.82, 2.24) is 9.97 Å². The van der Waals surface area contributed by atoms with Gasteiger partial charge in [0.05, 0.1) is 47.8 Å². The number of ether oxygens (including phenoxy) is 2. The molecule has 0 saturated heterocycles. The number of carbonyl (C=O) groups excluding carboxylic acids is 4. The number of hydrogen-bond acceptors (Lipinski definition) is 8. The Morgan fingerprint density at radius 2 is 1.12 bits per heavy atom. The van der Waals surface area contributed by atoms with Gasteiger partial charge in [-0.25, -0.2) is 9.59 Å². The first-order valence-electron chi connectivity index (χ1n) is 16.2. The number of aromatic hydroxyl groups is 2. The van der Waals surface area contributed by atoms with E-state index in [0.29, 0.717) is 44.3 Å². The van der Waals surface area contributed by atoms with Gasteiger partial charge in [-0.05, 0) is 34.4 Å². The number of benzene rings is 3. The number of halogens is 2. The standard InChI is InChI=1S/C38H32Cl2N4O8/c1-51-37(49)23-15-41-35-27(45)11-25-31(33(23)35)21(13-39)17-43(25)29(47)9-7-19-3-5-20(6-4-19)8-10-30(48)44-18-22(14-40)32-26(44)12-28(46)36-34(32)24(16-42-36)38(50)52-2/h3-12,15-16,21-22,41-42,45-46H,13-14,17-18H2,1-2H3/b9-7+,10-8+/t21-,22-/m1/s1. The summed E-state index contributed by atoms with van der Waals surface area (Å²) in [6, 6.07) is 10.2. The lowest BCUT2D eigenvalue weighted by molar-refractivity contribution is -0.114. The lowest BCUT2D eigenvalue weighted by Crippen LogP contribution is -2.28. The normalized spacial score (nSPS) is 16.7. The van der Waals surface area contributed by atoms with E-state index in [2.05, 4.69) is 9.97 Å². The number of fused-ring (bicyclic) bond motifs is 6. The number of hydrogen-bond donors (Lipinski definition) is 4. The van der Waals surface area contributed by atoms with Crippen molar-refractivity contribution in [3.8, 4) is 11.5 Å². The van der Waals surface area contributed by atoms with Crippen LogP contribution in [0.5, 0.6) is 11.5 Å². The quantitative estimate of drug-likeness (QED) is 0.0806. The second-order valence-electron chi connectivity index (χ2n) is 12.5. The van der Waals surface area contributed by atoms with Crippen molar-refractivity contribution >= 4 is 92.3 Å². The van der Waals surface area contributed by atoms with Crippen LogP contribution in [0.1, 0.15) is 54.8 Å². The minimum Gasteiger partial charge on any atom is -0.506 e. The van der Waals surface area contributed by atoms with Crippen LogP contribution < -0.4 is 9.80 Å². The van der Waals surface area contributed by atoms with E-state index in [1.165, 1.54) is 60.7 Å². The third-order valence-corrected chi connectivity index (χ3v) is 10.3. The molecule has 14 heteroatoms. The van der Waals surface area contributed by atoms with Crippen LogP contribution in [-0.2, 0) is 19.1 Å². The number of carbonyl (C=O) groups is 4. The molecular weight excluding hydrogens is 711 g/mol. The molecule has 266 valence electrons. The summed E-state index contributed by atoms with van der Waals surface area (Å²) in [6.45, 7) is 0.527. The molecule has 0 radical (unpaired) electrons. The first kappa shape index (κ1) is 34.7. The monoisotopic (exact) mass is 742 g/mol. The number of rotatable bonds is 8. The molecule has 2 aromatic heterocycles. The summed E-state index contributed by atoms with van der Waals surface area (Å²) in [4.78, 5) is 60.8. The minimum atomic E-state index is -0.574. The van der Waals surface area contributed by atoms with Gasteiger partial charge in [0.1, 0.15) is 11.5 Å². The number of amides is 2. The van der Waals surface area contributed by atoms with E-state index in [4.69, 9.17) is 32.7 Å². The van der Waals surface area contributed by atoms with E-state index < -0.39 is 11.9 Å². The van der Waals surface area contributed by atoms with Crippen molar-refractivity contribution < 1.29 is 38.9 Å². The Morgan fingerprint density at radius 1 is 0.731 bits per heavy atom. The van der Waals surface area contributed by atoms with Crippen LogP contribution in [0.2, 0.25) is 0 Å². The summed E-state index contributed by atoms with van der Waals surface area (Å²) >= 11 is 12.6. The van der Waals surface area contributed by atoms with Gasteiger partial charge in [-0.2, -0.15) is 0 Å². The zero-order valence-corrected chi connectivity index (χ0v) is 29.4. The predicted octanol–water partition coefficient (Wildman–Crippen LogP) is 6.40. The molecule has 3 aromatic carbocycles. The third-order valence-electron chi connectivity index (χ3n) is 9.60. The number of phenolic OH excluding ortho intramolecular Hbond substituents is 2. The molecule has 2 aliphatic rings. The maximum absolute atomic E-state index is 13.5. The number of aromatic amines is 2. The average molecular weight is 744 g/mol. The fourth-order valence-electron chi connectivity index (χ4n) is 7.16. The molecule has 4 N–H and O–H groups in total. The highest BCUT2D eigenvalue weighted by Gasteiger charge is 2.37. The van der Waals surface area contributed by atoms with E-state index in [1.807, 2.05) is 0 Å². The summed E-state index contributed by atoms with van der Waals surface area (Å²) in [7, 11) is 2.55. The molecular formula is C38H32Cl2N4O8. The Morgan fingerprint density at radius 3 is 1.46 bits per heavy atom. The highest BCUT2D eigenvalue weighted by molar-refractivity contribution is 6.20. The van der Waals surface area contributed by atoms with Crippen LogP contribution in [-0.4, -0.2) is 83.0 Å². The van der Waals surface area contributed by atoms with Gasteiger partial charge in [0.25, 0.3) is 11.8 Å². The Bertz CT molecular complexity index is 2180. The molecule has 0 bridgehead atoms. The van der Waals surface area contributed by atoms with Gasteiger partial charge >= 0.3 is 11.9 Å². The summed E-state index contributed by atoms with van der Waals surface area (Å²) in [6.07, 6.45) is 9.11. The molecule has 5 aromatic rings. The van der Waals surface area contributed by atoms with Gasteiger partial charge in [0.2, 0.25) is 0 Å². The molecule has 0 aliphatic carbocycles. The molecule has 0 fully saturated rings. The first-order valence-corrected chi connectivity index (χ1v) is 17.3. The van der Waals surface area contributed by atoms with Gasteiger partial charge in [0.15, 0.2) is 0 Å². The third kappa shape index (κ3) is 5.73. The van der Waals surface area contributed by atoms with Crippen molar-refractivity contribution in [2.75, 3.05) is 48.9 Å². The lowest BCUT2D eigenvalue weighted by Gasteiger charge is -2.16. The van der Waals surface area contributed by atoms with Gasteiger partial charge in [-0.1, -0.05) is 24.3 Å². The molecule has 52 heavy (non-hydrogen) atoms. The minimum absolute atomic E-state index is 0.111. The Balaban J connectivity index is 1.08. The maximum Gasteiger partial charge on any atom is 0.340 e. The predicted molar refractivity (Wildman–Crippen MR) is 199 cm³/mol. The van der Waals surface area contributed by atoms with Crippen LogP contribution >= 0.6 is 23.2 Å². The topological polar surface area (TPSA) is 165 Å². The number of esters is 2. The van der Waals surface area contributed by atoms with E-state index in [-0.39, 0.29) is 71.1 Å². The van der Waals surface area contributed by atoms with Crippen LogP contribution in [0, 0.1) is 0 Å². The van der Waals surface area contributed by atoms with Crippen LogP contribution in [0.4, 0.5) is 11.4 Å². The van der Waals surface area contributed by atoms with E-state index in [0.717, 1.165) is 11.1 Å². The molecule has 0 unspecified atom stereocenters. The van der Waals surface area contributed by atoms with Crippen molar-refractivity contribution in [1.29, 1.82) is 0 Å². The number of phenols is 2. The van der Waals surface area contributed by atoms with Crippen LogP contribution in [0.3, 0.4) is 0 Å². The Labute approximate surface area is 306 Å². The lowest BCUT2D eigenvalue weighted by atomic mass is 9.96. The SMILES string of the molecule is COC(=O)c1c[nH]c2c(O)cc3c(c12)[C@H](CCl)CN3C(=O)/C=C/c1ccc(/C=C/C(=O)N2C[C@@H](CCl)c3c2cc(O)c2[nH]cc(C(=O)OC)c32)cc1. The molecule has 0 spiro atoms. The Hall–Kier alpha value is -5.72. The van der Waals surface area contributed by atoms with E-state index in [9.17, 15) is 29.4 Å². The number of nitrogens with one attached hydrogen (secondary N) is 2. The van der Waals surface area contributed by atoms with Crippen molar-refractivity contribution in [2.24, 2.45) is 0 Å². The smallest absolute Gasteiger partial charge is 0.340 e. The van der Waals surface area contributed by atoms with Crippen LogP contribution in [0.25, 0.3) is 34.0 Å². The van der Waals surface area contributed by atoms with Crippen molar-refractivity contribution in [3.63, 3.8) is 0 Å². The van der Waals surface area contributed by atoms with E-state index in [1.54, 1.807) is 36.4 Å². The average Bonchev–Trinajstić information content (AvgIpc) is 3.95. The molecule has 2 atom stereocenters. The fraction of sp³-hybridized carbons (Fsp3) is 0.211. The van der Waals surface area contributed by atoms with E-state index >= 15 is 0 Å². The van der Waals surface area contributed by atoms with Crippen LogP contribution in [0.15, 0.2) is 60.9 Å². The molecule has 4 heterocycles. The number of anilines is 2. The Kier molecular flexibility index (Phi) is 9.20. The summed E-state index contributed by atoms with van der Waals surface area (Å²) in [5.74, 6) is -2.21. The number of methoxy groups -OCH3 is 2. The molecule has 0 saturated carbocycles. The number of nitrogens with zero attached hydrogens (tertiary/aromatic N) is 2. The highest BCUT2D eigenvalue weighted by atomic mass is 35.5. The largest absolute Gasteiger partial charge is 0.506 e. The number of H-pyrrole nitrogens is 2. The maximum atomic E-state index is 13.5. The van der Waals surface area contributed by atoms with Gasteiger partial charge < -0.3 is 39.5 Å². The summed E-state index contributed by atoms with van der Waals surface area (Å²) < 4.78 is 9.85. The second kappa shape index (κ2) is 13.8. The molecule has 12 nitrogen and oxygen atoms in total. The molecule has 7 rings (SSSR count).